The summed E-state index contributed by atoms with van der Waals surface area (Å²) in [5, 5.41) is 18.6. The first-order valence-corrected chi connectivity index (χ1v) is 2.90. The first-order valence-electron chi connectivity index (χ1n) is 2.90. The van der Waals surface area contributed by atoms with Gasteiger partial charge in [-0.15, -0.1) is 12.3 Å². The average molecular weight is 143 g/mol. The minimum Gasteiger partial charge on any atom is -0.386 e. The van der Waals surface area contributed by atoms with Crippen molar-refractivity contribution >= 4 is 0 Å². The largest absolute Gasteiger partial charge is 0.386 e. The Morgan fingerprint density at radius 3 is 2.80 bits per heavy atom. The second-order valence-corrected chi connectivity index (χ2v) is 1.91. The minimum atomic E-state index is -0.897. The molecule has 0 bridgehead atoms. The summed E-state index contributed by atoms with van der Waals surface area (Å²) in [5.41, 5.74) is 0. The maximum Gasteiger partial charge on any atom is 0.229 e. The van der Waals surface area contributed by atoms with Crippen LogP contribution in [0, 0.1) is 22.5 Å². The number of aliphatic hydroxyl groups is 1. The zero-order valence-corrected chi connectivity index (χ0v) is 5.49. The van der Waals surface area contributed by atoms with Gasteiger partial charge in [0.2, 0.25) is 6.54 Å². The summed E-state index contributed by atoms with van der Waals surface area (Å²) in [6, 6.07) is 0. The predicted octanol–water partition coefficient (Wildman–Crippen LogP) is 0.0374. The number of rotatable bonds is 4. The summed E-state index contributed by atoms with van der Waals surface area (Å²) in [6.45, 7) is -0.415. The first kappa shape index (κ1) is 8.92. The van der Waals surface area contributed by atoms with Gasteiger partial charge in [0.1, 0.15) is 6.10 Å². The molecule has 0 aliphatic rings. The van der Waals surface area contributed by atoms with Gasteiger partial charge >= 0.3 is 0 Å². The smallest absolute Gasteiger partial charge is 0.229 e. The van der Waals surface area contributed by atoms with Gasteiger partial charge in [0, 0.05) is 11.3 Å². The Morgan fingerprint density at radius 2 is 2.40 bits per heavy atom. The molecule has 4 nitrogen and oxygen atoms in total. The van der Waals surface area contributed by atoms with Gasteiger partial charge in [-0.2, -0.15) is 0 Å². The van der Waals surface area contributed by atoms with Crippen molar-refractivity contribution in [2.45, 2.75) is 18.9 Å². The summed E-state index contributed by atoms with van der Waals surface area (Å²) >= 11 is 0. The molecule has 0 aliphatic heterocycles. The molecule has 10 heavy (non-hydrogen) atoms. The molecule has 0 aromatic carbocycles. The number of aliphatic hydroxyl groups excluding tert-OH is 1. The van der Waals surface area contributed by atoms with Crippen molar-refractivity contribution < 1.29 is 10.0 Å². The average Bonchev–Trinajstić information content (AvgIpc) is 1.82. The van der Waals surface area contributed by atoms with Crippen molar-refractivity contribution in [2.75, 3.05) is 6.54 Å². The van der Waals surface area contributed by atoms with Crippen molar-refractivity contribution in [3.8, 4) is 12.3 Å². The lowest BCUT2D eigenvalue weighted by atomic mass is 10.2. The van der Waals surface area contributed by atoms with Crippen LogP contribution >= 0.6 is 0 Å². The van der Waals surface area contributed by atoms with Crippen molar-refractivity contribution in [2.24, 2.45) is 0 Å². The monoisotopic (exact) mass is 143 g/mol. The molecule has 0 spiro atoms. The number of nitro groups is 1. The summed E-state index contributed by atoms with van der Waals surface area (Å²) in [5.74, 6) is 2.29. The van der Waals surface area contributed by atoms with E-state index in [4.69, 9.17) is 11.5 Å². The highest BCUT2D eigenvalue weighted by molar-refractivity contribution is 4.84. The SMILES string of the molecule is C#CCCC(O)C[N+](=O)[O-]. The fourth-order valence-electron chi connectivity index (χ4n) is 0.513. The van der Waals surface area contributed by atoms with Crippen LogP contribution in [0.2, 0.25) is 0 Å². The van der Waals surface area contributed by atoms with E-state index in [1.165, 1.54) is 0 Å². The minimum absolute atomic E-state index is 0.303. The quantitative estimate of drug-likeness (QED) is 0.343. The van der Waals surface area contributed by atoms with E-state index < -0.39 is 17.6 Å². The molecule has 0 aromatic heterocycles. The molecule has 1 N–H and O–H groups in total. The van der Waals surface area contributed by atoms with E-state index in [1.807, 2.05) is 0 Å². The highest BCUT2D eigenvalue weighted by atomic mass is 16.6. The van der Waals surface area contributed by atoms with Crippen LogP contribution in [-0.4, -0.2) is 22.7 Å². The highest BCUT2D eigenvalue weighted by Gasteiger charge is 2.09. The van der Waals surface area contributed by atoms with Crippen LogP contribution in [0.4, 0.5) is 0 Å². The topological polar surface area (TPSA) is 63.4 Å². The molecule has 0 radical (unpaired) electrons. The van der Waals surface area contributed by atoms with Crippen LogP contribution in [0.5, 0.6) is 0 Å². The second-order valence-electron chi connectivity index (χ2n) is 1.91. The Bertz CT molecular complexity index is 150. The maximum atomic E-state index is 9.77. The molecule has 4 heteroatoms. The third-order valence-corrected chi connectivity index (χ3v) is 0.982. The third-order valence-electron chi connectivity index (χ3n) is 0.982. The van der Waals surface area contributed by atoms with Crippen LogP contribution in [-0.2, 0) is 0 Å². The molecule has 0 heterocycles. The van der Waals surface area contributed by atoms with Crippen LogP contribution in [0.3, 0.4) is 0 Å². The van der Waals surface area contributed by atoms with Crippen molar-refractivity contribution in [3.63, 3.8) is 0 Å². The molecule has 0 rings (SSSR count). The molecule has 56 valence electrons. The molecule has 0 aliphatic carbocycles. The number of hydrogen-bond donors (Lipinski definition) is 1. The Hall–Kier alpha value is -1.08. The standard InChI is InChI=1S/C6H9NO3/c1-2-3-4-6(8)5-7(9)10/h1,6,8H,3-5H2. The molecule has 0 fully saturated rings. The van der Waals surface area contributed by atoms with E-state index in [0.717, 1.165) is 0 Å². The summed E-state index contributed by atoms with van der Waals surface area (Å²) in [6.07, 6.45) is 4.67. The third kappa shape index (κ3) is 5.06. The van der Waals surface area contributed by atoms with Crippen LogP contribution in [0.25, 0.3) is 0 Å². The molecular formula is C6H9NO3. The normalized spacial score (nSPS) is 12.0. The first-order chi connectivity index (χ1) is 4.66. The lowest BCUT2D eigenvalue weighted by Gasteiger charge is -2.00. The van der Waals surface area contributed by atoms with Gasteiger partial charge in [-0.05, 0) is 6.42 Å². The molecule has 0 aromatic rings. The number of nitrogens with zero attached hydrogens (tertiary/aromatic N) is 1. The predicted molar refractivity (Wildman–Crippen MR) is 35.9 cm³/mol. The molecular weight excluding hydrogens is 134 g/mol. The van der Waals surface area contributed by atoms with Gasteiger partial charge in [-0.25, -0.2) is 0 Å². The zero-order chi connectivity index (χ0) is 7.98. The Morgan fingerprint density at radius 1 is 1.80 bits per heavy atom. The Kier molecular flexibility index (Phi) is 4.25. The van der Waals surface area contributed by atoms with E-state index in [2.05, 4.69) is 5.92 Å². The zero-order valence-electron chi connectivity index (χ0n) is 5.49. The maximum absolute atomic E-state index is 9.77. The second kappa shape index (κ2) is 4.77. The lowest BCUT2D eigenvalue weighted by molar-refractivity contribution is -0.490. The molecule has 1 unspecified atom stereocenters. The summed E-state index contributed by atoms with van der Waals surface area (Å²) in [4.78, 5) is 9.21. The molecule has 1 atom stereocenters. The van der Waals surface area contributed by atoms with E-state index in [9.17, 15) is 10.1 Å². The van der Waals surface area contributed by atoms with Gasteiger partial charge in [0.15, 0.2) is 0 Å². The Labute approximate surface area is 59.0 Å². The molecule has 0 saturated carbocycles. The molecule has 0 saturated heterocycles. The van der Waals surface area contributed by atoms with Gasteiger partial charge in [-0.3, -0.25) is 10.1 Å². The van der Waals surface area contributed by atoms with Gasteiger partial charge in [-0.1, -0.05) is 0 Å². The van der Waals surface area contributed by atoms with Crippen LogP contribution < -0.4 is 0 Å². The van der Waals surface area contributed by atoms with E-state index in [-0.39, 0.29) is 0 Å². The van der Waals surface area contributed by atoms with Crippen LogP contribution in [0.15, 0.2) is 0 Å². The fourth-order valence-corrected chi connectivity index (χ4v) is 0.513. The Balaban J connectivity index is 3.36. The highest BCUT2D eigenvalue weighted by Crippen LogP contribution is 1.94. The van der Waals surface area contributed by atoms with Gasteiger partial charge < -0.3 is 5.11 Å². The van der Waals surface area contributed by atoms with Gasteiger partial charge in [0.05, 0.1) is 0 Å². The van der Waals surface area contributed by atoms with Crippen molar-refractivity contribution in [1.29, 1.82) is 0 Å². The van der Waals surface area contributed by atoms with Gasteiger partial charge in [0.25, 0.3) is 0 Å². The number of hydrogen-bond acceptors (Lipinski definition) is 3. The van der Waals surface area contributed by atoms with E-state index >= 15 is 0 Å². The van der Waals surface area contributed by atoms with Crippen molar-refractivity contribution in [3.05, 3.63) is 10.1 Å². The van der Waals surface area contributed by atoms with Crippen LogP contribution in [0.1, 0.15) is 12.8 Å². The van der Waals surface area contributed by atoms with E-state index in [0.29, 0.717) is 12.8 Å². The molecule has 0 amide bonds. The number of terminal acetylenes is 1. The van der Waals surface area contributed by atoms with E-state index in [1.54, 1.807) is 0 Å². The van der Waals surface area contributed by atoms with Crippen molar-refractivity contribution in [1.82, 2.24) is 0 Å². The lowest BCUT2D eigenvalue weighted by Crippen LogP contribution is -2.18. The summed E-state index contributed by atoms with van der Waals surface area (Å²) in [7, 11) is 0. The fraction of sp³-hybridized carbons (Fsp3) is 0.667. The summed E-state index contributed by atoms with van der Waals surface area (Å²) < 4.78 is 0.